The highest BCUT2D eigenvalue weighted by Crippen LogP contribution is 2.45. The van der Waals surface area contributed by atoms with Crippen LogP contribution in [0.2, 0.25) is 0 Å². The molecule has 3 aromatic carbocycles. The molecule has 1 spiro atoms. The summed E-state index contributed by atoms with van der Waals surface area (Å²) in [7, 11) is -4.66. The highest BCUT2D eigenvalue weighted by atomic mass is 32.2. The molecule has 0 amide bonds. The molecule has 0 aromatic heterocycles. The van der Waals surface area contributed by atoms with E-state index in [1.807, 2.05) is 0 Å². The molecular formula is C26H20F6N2O6S. The van der Waals surface area contributed by atoms with Crippen molar-refractivity contribution in [1.29, 1.82) is 0 Å². The van der Waals surface area contributed by atoms with E-state index >= 15 is 0 Å². The summed E-state index contributed by atoms with van der Waals surface area (Å²) in [6.07, 6.45) is -4.82. The minimum Gasteiger partial charge on any atom is -0.480 e. The van der Waals surface area contributed by atoms with Gasteiger partial charge in [-0.3, -0.25) is 14.0 Å². The standard InChI is InChI=1S/C26H20F6N2O6S/c27-18-6-16(7-19(10-18)39-24(28)29)15-4-5-22-21(8-15)34(14-25(40-22)12-33(13-25)11-23(35)36)41(37,38)20-3-1-2-17(9-20)26(30,31)32/h1-10,24H,11-14H2,(H,35,36). The van der Waals surface area contributed by atoms with Gasteiger partial charge in [-0.05, 0) is 53.6 Å². The van der Waals surface area contributed by atoms with Crippen molar-refractivity contribution in [1.82, 2.24) is 4.90 Å². The molecule has 0 atom stereocenters. The fourth-order valence-electron chi connectivity index (χ4n) is 4.90. The van der Waals surface area contributed by atoms with Gasteiger partial charge in [0.15, 0.2) is 5.60 Å². The Balaban J connectivity index is 1.59. The molecule has 1 N–H and O–H groups in total. The number of halogens is 6. The molecule has 5 rings (SSSR count). The van der Waals surface area contributed by atoms with Crippen LogP contribution in [-0.2, 0) is 21.0 Å². The number of sulfonamides is 1. The molecule has 218 valence electrons. The second kappa shape index (κ2) is 10.1. The first-order valence-corrected chi connectivity index (χ1v) is 13.3. The van der Waals surface area contributed by atoms with Crippen molar-refractivity contribution in [2.75, 3.05) is 30.5 Å². The topological polar surface area (TPSA) is 96.4 Å². The quantitative estimate of drug-likeness (QED) is 0.387. The Morgan fingerprint density at radius 1 is 1.02 bits per heavy atom. The van der Waals surface area contributed by atoms with Gasteiger partial charge in [-0.2, -0.15) is 22.0 Å². The molecule has 41 heavy (non-hydrogen) atoms. The van der Waals surface area contributed by atoms with Crippen molar-refractivity contribution >= 4 is 21.7 Å². The first-order valence-electron chi connectivity index (χ1n) is 11.9. The summed E-state index contributed by atoms with van der Waals surface area (Å²) < 4.78 is 119. The van der Waals surface area contributed by atoms with Crippen molar-refractivity contribution in [2.45, 2.75) is 23.3 Å². The van der Waals surface area contributed by atoms with Crippen LogP contribution in [0.1, 0.15) is 5.56 Å². The number of hydrogen-bond donors (Lipinski definition) is 1. The number of rotatable bonds is 7. The summed E-state index contributed by atoms with van der Waals surface area (Å²) in [5.74, 6) is -2.48. The van der Waals surface area contributed by atoms with E-state index in [2.05, 4.69) is 4.74 Å². The molecular weight excluding hydrogens is 582 g/mol. The van der Waals surface area contributed by atoms with Crippen molar-refractivity contribution < 1.29 is 54.1 Å². The van der Waals surface area contributed by atoms with Gasteiger partial charge in [0.05, 0.1) is 29.2 Å². The number of carbonyl (C=O) groups is 1. The molecule has 0 aliphatic carbocycles. The number of nitrogens with zero attached hydrogens (tertiary/aromatic N) is 2. The van der Waals surface area contributed by atoms with Crippen LogP contribution >= 0.6 is 0 Å². The highest BCUT2D eigenvalue weighted by molar-refractivity contribution is 7.92. The average Bonchev–Trinajstić information content (AvgIpc) is 2.85. The average molecular weight is 603 g/mol. The lowest BCUT2D eigenvalue weighted by Crippen LogP contribution is -2.71. The van der Waals surface area contributed by atoms with Crippen molar-refractivity contribution in [2.24, 2.45) is 0 Å². The Hall–Kier alpha value is -3.98. The van der Waals surface area contributed by atoms with E-state index in [1.54, 1.807) is 0 Å². The molecule has 0 unspecified atom stereocenters. The zero-order chi connectivity index (χ0) is 29.7. The summed E-state index contributed by atoms with van der Waals surface area (Å²) >= 11 is 0. The maximum absolute atomic E-state index is 14.2. The molecule has 2 aliphatic rings. The Labute approximate surface area is 229 Å². The number of fused-ring (bicyclic) bond motifs is 1. The Morgan fingerprint density at radius 2 is 1.76 bits per heavy atom. The van der Waals surface area contributed by atoms with E-state index in [1.165, 1.54) is 23.1 Å². The lowest BCUT2D eigenvalue weighted by Gasteiger charge is -2.53. The van der Waals surface area contributed by atoms with Gasteiger partial charge in [-0.1, -0.05) is 12.1 Å². The van der Waals surface area contributed by atoms with Crippen LogP contribution < -0.4 is 13.8 Å². The number of benzene rings is 3. The molecule has 2 aliphatic heterocycles. The van der Waals surface area contributed by atoms with Crippen LogP contribution in [0.15, 0.2) is 65.6 Å². The third kappa shape index (κ3) is 5.77. The van der Waals surface area contributed by atoms with E-state index in [0.717, 1.165) is 40.7 Å². The monoisotopic (exact) mass is 602 g/mol. The van der Waals surface area contributed by atoms with Crippen LogP contribution in [0.3, 0.4) is 0 Å². The van der Waals surface area contributed by atoms with E-state index in [0.29, 0.717) is 6.07 Å². The van der Waals surface area contributed by atoms with Gasteiger partial charge in [0.25, 0.3) is 10.0 Å². The number of ether oxygens (including phenoxy) is 2. The van der Waals surface area contributed by atoms with Crippen LogP contribution in [0.5, 0.6) is 11.5 Å². The Kier molecular flexibility index (Phi) is 7.06. The smallest absolute Gasteiger partial charge is 0.416 e. The second-order valence-electron chi connectivity index (χ2n) is 9.60. The number of anilines is 1. The predicted molar refractivity (Wildman–Crippen MR) is 132 cm³/mol. The summed E-state index contributed by atoms with van der Waals surface area (Å²) in [6.45, 7) is -3.89. The van der Waals surface area contributed by atoms with Crippen molar-refractivity contribution in [3.8, 4) is 22.6 Å². The van der Waals surface area contributed by atoms with E-state index in [4.69, 9.17) is 9.84 Å². The second-order valence-corrected chi connectivity index (χ2v) is 11.5. The fourth-order valence-corrected chi connectivity index (χ4v) is 6.49. The molecule has 0 bridgehead atoms. The summed E-state index contributed by atoms with van der Waals surface area (Å²) in [6, 6.07) is 10.1. The molecule has 0 saturated carbocycles. The Bertz CT molecular complexity index is 1610. The molecule has 2 heterocycles. The lowest BCUT2D eigenvalue weighted by molar-refractivity contribution is -0.144. The normalized spacial score (nSPS) is 16.7. The van der Waals surface area contributed by atoms with Gasteiger partial charge in [0.2, 0.25) is 0 Å². The molecule has 8 nitrogen and oxygen atoms in total. The highest BCUT2D eigenvalue weighted by Gasteiger charge is 2.52. The van der Waals surface area contributed by atoms with Gasteiger partial charge < -0.3 is 14.6 Å². The minimum atomic E-state index is -4.82. The lowest BCUT2D eigenvalue weighted by atomic mass is 9.91. The van der Waals surface area contributed by atoms with Crippen LogP contribution in [0, 0.1) is 5.82 Å². The van der Waals surface area contributed by atoms with Gasteiger partial charge in [-0.15, -0.1) is 0 Å². The summed E-state index contributed by atoms with van der Waals surface area (Å²) in [4.78, 5) is 12.0. The predicted octanol–water partition coefficient (Wildman–Crippen LogP) is 4.84. The first kappa shape index (κ1) is 28.5. The Morgan fingerprint density at radius 3 is 2.41 bits per heavy atom. The molecule has 3 aromatic rings. The maximum Gasteiger partial charge on any atom is 0.416 e. The van der Waals surface area contributed by atoms with Crippen LogP contribution in [0.25, 0.3) is 11.1 Å². The van der Waals surface area contributed by atoms with Gasteiger partial charge in [0, 0.05) is 19.2 Å². The van der Waals surface area contributed by atoms with E-state index in [9.17, 15) is 39.6 Å². The molecule has 0 radical (unpaired) electrons. The number of alkyl halides is 5. The zero-order valence-corrected chi connectivity index (χ0v) is 21.6. The SMILES string of the molecule is O=C(O)CN1CC2(C1)CN(S(=O)(=O)c1cccc(C(F)(F)F)c1)c1cc(-c3cc(F)cc(OC(F)F)c3)ccc1O2. The largest absolute Gasteiger partial charge is 0.480 e. The van der Waals surface area contributed by atoms with Crippen molar-refractivity contribution in [3.05, 3.63) is 72.0 Å². The maximum atomic E-state index is 14.2. The molecule has 1 saturated heterocycles. The van der Waals surface area contributed by atoms with E-state index < -0.39 is 56.4 Å². The summed E-state index contributed by atoms with van der Waals surface area (Å²) in [5.41, 5.74) is -2.25. The number of carboxylic acid groups (broad SMARTS) is 1. The number of likely N-dealkylation sites (tertiary alicyclic amines) is 1. The van der Waals surface area contributed by atoms with Gasteiger partial charge in [0.1, 0.15) is 17.3 Å². The first-order chi connectivity index (χ1) is 19.1. The number of aliphatic carboxylic acids is 1. The fraction of sp³-hybridized carbons (Fsp3) is 0.269. The molecule has 15 heteroatoms. The van der Waals surface area contributed by atoms with E-state index in [-0.39, 0.29) is 48.7 Å². The summed E-state index contributed by atoms with van der Waals surface area (Å²) in [5, 5.41) is 9.08. The van der Waals surface area contributed by atoms with Crippen LogP contribution in [-0.4, -0.2) is 62.8 Å². The minimum absolute atomic E-state index is 0.0194. The number of hydrogen-bond acceptors (Lipinski definition) is 6. The van der Waals surface area contributed by atoms with Crippen molar-refractivity contribution in [3.63, 3.8) is 0 Å². The third-order valence-corrected chi connectivity index (χ3v) is 8.30. The molecule has 1 fully saturated rings. The van der Waals surface area contributed by atoms with Gasteiger partial charge >= 0.3 is 18.8 Å². The van der Waals surface area contributed by atoms with Crippen LogP contribution in [0.4, 0.5) is 32.0 Å². The zero-order valence-electron chi connectivity index (χ0n) is 20.7. The number of carboxylic acids is 1. The third-order valence-electron chi connectivity index (χ3n) is 6.55. The van der Waals surface area contributed by atoms with Gasteiger partial charge in [-0.25, -0.2) is 12.8 Å².